The first-order chi connectivity index (χ1) is 5.55. The largest absolute Gasteiger partial charge is 0.387 e. The summed E-state index contributed by atoms with van der Waals surface area (Å²) in [6, 6.07) is 0. The van der Waals surface area contributed by atoms with Crippen LogP contribution < -0.4 is 11.1 Å². The van der Waals surface area contributed by atoms with Gasteiger partial charge in [-0.15, -0.1) is 0 Å². The van der Waals surface area contributed by atoms with Gasteiger partial charge in [0.15, 0.2) is 0 Å². The van der Waals surface area contributed by atoms with E-state index in [4.69, 9.17) is 11.1 Å². The number of carbonyl (C=O) groups excluding carboxylic acids is 1. The third kappa shape index (κ3) is 0.589. The molecule has 0 aromatic rings. The van der Waals surface area contributed by atoms with E-state index in [0.717, 1.165) is 19.3 Å². The molecule has 0 heterocycles. The highest BCUT2D eigenvalue weighted by molar-refractivity contribution is 5.96. The summed E-state index contributed by atoms with van der Waals surface area (Å²) in [7, 11) is 1.66. The Kier molecular flexibility index (Phi) is 1.14. The molecule has 3 aliphatic rings. The van der Waals surface area contributed by atoms with Crippen molar-refractivity contribution in [2.24, 2.45) is 16.6 Å². The van der Waals surface area contributed by atoms with Gasteiger partial charge in [-0.2, -0.15) is 0 Å². The van der Waals surface area contributed by atoms with Crippen LogP contribution >= 0.6 is 0 Å². The predicted octanol–water partition coefficient (Wildman–Crippen LogP) is -0.161. The number of amidine groups is 1. The van der Waals surface area contributed by atoms with Gasteiger partial charge in [-0.25, -0.2) is 0 Å². The second-order valence-corrected chi connectivity index (χ2v) is 4.08. The van der Waals surface area contributed by atoms with Gasteiger partial charge in [-0.3, -0.25) is 10.2 Å². The van der Waals surface area contributed by atoms with Crippen molar-refractivity contribution in [3.05, 3.63) is 0 Å². The molecule has 0 aromatic heterocycles. The minimum Gasteiger partial charge on any atom is -0.387 e. The van der Waals surface area contributed by atoms with Gasteiger partial charge in [-0.1, -0.05) is 0 Å². The number of carbonyl (C=O) groups is 1. The van der Waals surface area contributed by atoms with Gasteiger partial charge in [0.2, 0.25) is 5.91 Å². The van der Waals surface area contributed by atoms with Crippen molar-refractivity contribution in [3.8, 4) is 0 Å². The van der Waals surface area contributed by atoms with Crippen LogP contribution in [-0.2, 0) is 4.79 Å². The molecule has 3 rings (SSSR count). The molecule has 4 N–H and O–H groups in total. The van der Waals surface area contributed by atoms with Crippen molar-refractivity contribution in [1.29, 1.82) is 5.41 Å². The van der Waals surface area contributed by atoms with Crippen LogP contribution in [-0.4, -0.2) is 18.8 Å². The Hall–Kier alpha value is -1.06. The number of rotatable bonds is 2. The molecular weight excluding hydrogens is 154 g/mol. The smallest absolute Gasteiger partial charge is 0.226 e. The Morgan fingerprint density at radius 1 is 1.42 bits per heavy atom. The van der Waals surface area contributed by atoms with E-state index in [-0.39, 0.29) is 22.6 Å². The van der Waals surface area contributed by atoms with Gasteiger partial charge in [0.1, 0.15) is 0 Å². The van der Waals surface area contributed by atoms with Crippen LogP contribution in [0.4, 0.5) is 0 Å². The van der Waals surface area contributed by atoms with Gasteiger partial charge < -0.3 is 11.1 Å². The summed E-state index contributed by atoms with van der Waals surface area (Å²) in [5.41, 5.74) is 5.18. The highest BCUT2D eigenvalue weighted by Gasteiger charge is 2.72. The predicted molar refractivity (Wildman–Crippen MR) is 44.7 cm³/mol. The molecule has 66 valence electrons. The maximum atomic E-state index is 11.3. The topological polar surface area (TPSA) is 79.0 Å². The molecule has 3 aliphatic carbocycles. The maximum Gasteiger partial charge on any atom is 0.226 e. The molecule has 0 spiro atoms. The monoisotopic (exact) mass is 167 g/mol. The van der Waals surface area contributed by atoms with E-state index < -0.39 is 0 Å². The summed E-state index contributed by atoms with van der Waals surface area (Å²) in [5.74, 6) is 0.374. The quantitative estimate of drug-likeness (QED) is 0.394. The van der Waals surface area contributed by atoms with E-state index in [2.05, 4.69) is 5.32 Å². The lowest BCUT2D eigenvalue weighted by Gasteiger charge is -2.68. The SMILES string of the molecule is CNC(=O)C12CC(C(=N)N)(C1)C2. The molecule has 0 atom stereocenters. The summed E-state index contributed by atoms with van der Waals surface area (Å²) in [4.78, 5) is 11.3. The second kappa shape index (κ2) is 1.81. The minimum absolute atomic E-state index is 0.0908. The molecule has 4 heteroatoms. The zero-order valence-corrected chi connectivity index (χ0v) is 7.11. The molecule has 4 nitrogen and oxygen atoms in total. The first kappa shape index (κ1) is 7.58. The Balaban J connectivity index is 2.04. The molecule has 0 unspecified atom stereocenters. The van der Waals surface area contributed by atoms with Gasteiger partial charge in [0.05, 0.1) is 11.3 Å². The highest BCUT2D eigenvalue weighted by Crippen LogP contribution is 2.73. The normalized spacial score (nSPS) is 42.4. The van der Waals surface area contributed by atoms with Crippen LogP contribution in [0.15, 0.2) is 0 Å². The van der Waals surface area contributed by atoms with Crippen LogP contribution in [0, 0.1) is 16.2 Å². The molecular formula is C8H13N3O. The van der Waals surface area contributed by atoms with Crippen LogP contribution in [0.1, 0.15) is 19.3 Å². The van der Waals surface area contributed by atoms with Crippen molar-refractivity contribution >= 4 is 11.7 Å². The Morgan fingerprint density at radius 2 is 1.92 bits per heavy atom. The Morgan fingerprint density at radius 3 is 2.25 bits per heavy atom. The maximum absolute atomic E-state index is 11.3. The molecule has 3 fully saturated rings. The number of hydrogen-bond acceptors (Lipinski definition) is 2. The Labute approximate surface area is 71.0 Å². The van der Waals surface area contributed by atoms with Crippen molar-refractivity contribution in [2.75, 3.05) is 7.05 Å². The number of nitrogens with two attached hydrogens (primary N) is 1. The molecule has 0 aliphatic heterocycles. The number of hydrogen-bond donors (Lipinski definition) is 3. The molecule has 0 radical (unpaired) electrons. The van der Waals surface area contributed by atoms with Gasteiger partial charge in [-0.05, 0) is 19.3 Å². The van der Waals surface area contributed by atoms with Crippen molar-refractivity contribution in [1.82, 2.24) is 5.32 Å². The van der Waals surface area contributed by atoms with E-state index in [1.165, 1.54) is 0 Å². The third-order valence-electron chi connectivity index (χ3n) is 3.31. The van der Waals surface area contributed by atoms with Crippen molar-refractivity contribution in [2.45, 2.75) is 19.3 Å². The average Bonchev–Trinajstić information content (AvgIpc) is 1.80. The van der Waals surface area contributed by atoms with Crippen molar-refractivity contribution < 1.29 is 4.79 Å². The van der Waals surface area contributed by atoms with E-state index in [1.54, 1.807) is 7.05 Å². The summed E-state index contributed by atoms with van der Waals surface area (Å²) in [6.07, 6.45) is 2.36. The molecule has 3 saturated carbocycles. The number of nitrogens with one attached hydrogen (secondary N) is 2. The molecule has 1 amide bonds. The van der Waals surface area contributed by atoms with Crippen LogP contribution in [0.3, 0.4) is 0 Å². The molecule has 0 saturated heterocycles. The molecule has 12 heavy (non-hydrogen) atoms. The average molecular weight is 167 g/mol. The second-order valence-electron chi connectivity index (χ2n) is 4.08. The zero-order chi connectivity index (χ0) is 8.98. The van der Waals surface area contributed by atoms with E-state index in [0.29, 0.717) is 0 Å². The molecule has 0 aromatic carbocycles. The fourth-order valence-corrected chi connectivity index (χ4v) is 2.58. The first-order valence-corrected chi connectivity index (χ1v) is 4.11. The fourth-order valence-electron chi connectivity index (χ4n) is 2.58. The minimum atomic E-state index is -0.152. The first-order valence-electron chi connectivity index (χ1n) is 4.11. The summed E-state index contributed by atoms with van der Waals surface area (Å²) in [5, 5.41) is 9.97. The lowest BCUT2D eigenvalue weighted by Crippen LogP contribution is -2.71. The van der Waals surface area contributed by atoms with Gasteiger partial charge in [0.25, 0.3) is 0 Å². The van der Waals surface area contributed by atoms with E-state index in [9.17, 15) is 4.79 Å². The van der Waals surface area contributed by atoms with Crippen LogP contribution in [0.2, 0.25) is 0 Å². The fraction of sp³-hybridized carbons (Fsp3) is 0.750. The lowest BCUT2D eigenvalue weighted by atomic mass is 9.34. The van der Waals surface area contributed by atoms with E-state index in [1.807, 2.05) is 0 Å². The van der Waals surface area contributed by atoms with E-state index >= 15 is 0 Å². The Bertz CT molecular complexity index is 252. The molecule has 2 bridgehead atoms. The van der Waals surface area contributed by atoms with Gasteiger partial charge in [0, 0.05) is 12.5 Å². The van der Waals surface area contributed by atoms with Gasteiger partial charge >= 0.3 is 0 Å². The van der Waals surface area contributed by atoms with Crippen LogP contribution in [0.5, 0.6) is 0 Å². The highest BCUT2D eigenvalue weighted by atomic mass is 16.2. The standard InChI is InChI=1S/C8H13N3O/c1-11-6(12)8-2-7(3-8,4-8)5(9)10/h2-4H2,1H3,(H3,9,10)(H,11,12). The third-order valence-corrected chi connectivity index (χ3v) is 3.31. The summed E-state index contributed by atoms with van der Waals surface area (Å²) in [6.45, 7) is 0. The zero-order valence-electron chi connectivity index (χ0n) is 7.11. The summed E-state index contributed by atoms with van der Waals surface area (Å²) < 4.78 is 0. The lowest BCUT2D eigenvalue weighted by molar-refractivity contribution is -0.180. The summed E-state index contributed by atoms with van der Waals surface area (Å²) >= 11 is 0. The van der Waals surface area contributed by atoms with Crippen LogP contribution in [0.25, 0.3) is 0 Å². The number of amides is 1. The van der Waals surface area contributed by atoms with Crippen molar-refractivity contribution in [3.63, 3.8) is 0 Å².